The van der Waals surface area contributed by atoms with Crippen molar-refractivity contribution in [3.63, 3.8) is 0 Å². The fourth-order valence-electron chi connectivity index (χ4n) is 3.78. The normalized spacial score (nSPS) is 30.8. The number of nitrogens with zero attached hydrogens (tertiary/aromatic N) is 2. The first-order valence-corrected chi connectivity index (χ1v) is 7.78. The van der Waals surface area contributed by atoms with Gasteiger partial charge in [0.1, 0.15) is 5.54 Å². The molecule has 0 spiro atoms. The van der Waals surface area contributed by atoms with Crippen molar-refractivity contribution in [1.29, 1.82) is 0 Å². The highest BCUT2D eigenvalue weighted by Crippen LogP contribution is 2.29. The van der Waals surface area contributed by atoms with Gasteiger partial charge in [0.05, 0.1) is 7.11 Å². The molecule has 5 nitrogen and oxygen atoms in total. The Kier molecular flexibility index (Phi) is 5.04. The van der Waals surface area contributed by atoms with Gasteiger partial charge >= 0.3 is 5.97 Å². The second kappa shape index (κ2) is 6.41. The van der Waals surface area contributed by atoms with Crippen LogP contribution in [0.5, 0.6) is 0 Å². The third kappa shape index (κ3) is 3.15. The molecule has 3 unspecified atom stereocenters. The Morgan fingerprint density at radius 2 is 2.05 bits per heavy atom. The zero-order chi connectivity index (χ0) is 14.8. The first-order chi connectivity index (χ1) is 9.50. The molecule has 0 aliphatic carbocycles. The van der Waals surface area contributed by atoms with E-state index in [9.17, 15) is 4.79 Å². The van der Waals surface area contributed by atoms with Crippen molar-refractivity contribution < 1.29 is 9.53 Å². The predicted octanol–water partition coefficient (Wildman–Crippen LogP) is 0.696. The Morgan fingerprint density at radius 3 is 2.70 bits per heavy atom. The molecule has 0 aromatic heterocycles. The molecule has 2 aliphatic heterocycles. The van der Waals surface area contributed by atoms with Crippen molar-refractivity contribution >= 4 is 5.97 Å². The molecule has 5 heteroatoms. The number of fused-ring (bicyclic) bond motifs is 2. The summed E-state index contributed by atoms with van der Waals surface area (Å²) in [6, 6.07) is 1.37. The number of likely N-dealkylation sites (N-methyl/N-ethyl adjacent to an activating group) is 2. The van der Waals surface area contributed by atoms with E-state index in [1.165, 1.54) is 26.4 Å². The molecule has 116 valence electrons. The van der Waals surface area contributed by atoms with Gasteiger partial charge in [-0.25, -0.2) is 0 Å². The van der Waals surface area contributed by atoms with Crippen LogP contribution in [-0.4, -0.2) is 73.7 Å². The fourth-order valence-corrected chi connectivity index (χ4v) is 3.78. The van der Waals surface area contributed by atoms with Gasteiger partial charge in [-0.05, 0) is 46.3 Å². The van der Waals surface area contributed by atoms with Crippen LogP contribution < -0.4 is 5.32 Å². The van der Waals surface area contributed by atoms with E-state index in [-0.39, 0.29) is 5.97 Å². The van der Waals surface area contributed by atoms with Crippen molar-refractivity contribution in [3.8, 4) is 0 Å². The third-order valence-electron chi connectivity index (χ3n) is 4.98. The Hall–Kier alpha value is -0.650. The first-order valence-electron chi connectivity index (χ1n) is 7.78. The number of carbonyl (C=O) groups excluding carboxylic acids is 1. The number of likely N-dealkylation sites (tertiary alicyclic amines) is 1. The van der Waals surface area contributed by atoms with Crippen LogP contribution in [0.4, 0.5) is 0 Å². The Morgan fingerprint density at radius 1 is 1.35 bits per heavy atom. The molecule has 2 fully saturated rings. The van der Waals surface area contributed by atoms with Gasteiger partial charge in [-0.3, -0.25) is 14.6 Å². The molecule has 0 aromatic rings. The summed E-state index contributed by atoms with van der Waals surface area (Å²) in [5.41, 5.74) is -0.606. The summed E-state index contributed by atoms with van der Waals surface area (Å²) < 4.78 is 4.99. The van der Waals surface area contributed by atoms with E-state index in [0.717, 1.165) is 32.2 Å². The van der Waals surface area contributed by atoms with Gasteiger partial charge in [0, 0.05) is 25.2 Å². The van der Waals surface area contributed by atoms with Crippen molar-refractivity contribution in [3.05, 3.63) is 0 Å². The monoisotopic (exact) mass is 283 g/mol. The molecule has 0 radical (unpaired) electrons. The second-order valence-corrected chi connectivity index (χ2v) is 6.43. The summed E-state index contributed by atoms with van der Waals surface area (Å²) in [6.45, 7) is 7.61. The largest absolute Gasteiger partial charge is 0.468 e. The van der Waals surface area contributed by atoms with Gasteiger partial charge in [0.2, 0.25) is 0 Å². The van der Waals surface area contributed by atoms with Crippen LogP contribution in [0.15, 0.2) is 0 Å². The highest BCUT2D eigenvalue weighted by Gasteiger charge is 2.39. The number of hydrogen-bond acceptors (Lipinski definition) is 5. The topological polar surface area (TPSA) is 44.8 Å². The molecule has 20 heavy (non-hydrogen) atoms. The average molecular weight is 283 g/mol. The maximum atomic E-state index is 12.1. The first kappa shape index (κ1) is 15.7. The minimum atomic E-state index is -0.606. The number of methoxy groups -OCH3 is 1. The van der Waals surface area contributed by atoms with Crippen LogP contribution in [-0.2, 0) is 9.53 Å². The molecule has 2 heterocycles. The summed E-state index contributed by atoms with van der Waals surface area (Å²) in [5.74, 6) is -0.165. The van der Waals surface area contributed by atoms with Gasteiger partial charge < -0.3 is 10.1 Å². The number of rotatable bonds is 5. The molecule has 2 rings (SSSR count). The number of hydrogen-bond donors (Lipinski definition) is 1. The molecule has 2 saturated heterocycles. The molecule has 2 aliphatic rings. The van der Waals surface area contributed by atoms with E-state index >= 15 is 0 Å². The number of ether oxygens (including phenoxy) is 1. The second-order valence-electron chi connectivity index (χ2n) is 6.43. The third-order valence-corrected chi connectivity index (χ3v) is 4.98. The van der Waals surface area contributed by atoms with E-state index in [1.807, 2.05) is 13.8 Å². The van der Waals surface area contributed by atoms with Crippen molar-refractivity contribution in [2.75, 3.05) is 40.3 Å². The van der Waals surface area contributed by atoms with Crippen LogP contribution >= 0.6 is 0 Å². The van der Waals surface area contributed by atoms with Crippen LogP contribution in [0.3, 0.4) is 0 Å². The van der Waals surface area contributed by atoms with E-state index < -0.39 is 5.54 Å². The van der Waals surface area contributed by atoms with Gasteiger partial charge in [0.15, 0.2) is 0 Å². The molecule has 0 saturated carbocycles. The number of esters is 1. The van der Waals surface area contributed by atoms with Crippen molar-refractivity contribution in [1.82, 2.24) is 15.1 Å². The van der Waals surface area contributed by atoms with E-state index in [0.29, 0.717) is 6.04 Å². The molecular formula is C15H29N3O2. The zero-order valence-corrected chi connectivity index (χ0v) is 13.3. The van der Waals surface area contributed by atoms with Crippen molar-refractivity contribution in [2.24, 2.45) is 0 Å². The van der Waals surface area contributed by atoms with Gasteiger partial charge in [-0.2, -0.15) is 0 Å². The van der Waals surface area contributed by atoms with Crippen LogP contribution in [0, 0.1) is 0 Å². The van der Waals surface area contributed by atoms with Crippen LogP contribution in [0.2, 0.25) is 0 Å². The minimum Gasteiger partial charge on any atom is -0.468 e. The maximum Gasteiger partial charge on any atom is 0.327 e. The SMILES string of the molecule is CCNC(C)(CN1CCC2CCC(C1)N2C)C(=O)OC. The van der Waals surface area contributed by atoms with Gasteiger partial charge in [0.25, 0.3) is 0 Å². The lowest BCUT2D eigenvalue weighted by molar-refractivity contribution is -0.148. The Bertz CT molecular complexity index is 350. The predicted molar refractivity (Wildman–Crippen MR) is 79.7 cm³/mol. The smallest absolute Gasteiger partial charge is 0.327 e. The summed E-state index contributed by atoms with van der Waals surface area (Å²) in [7, 11) is 3.71. The zero-order valence-electron chi connectivity index (χ0n) is 13.3. The summed E-state index contributed by atoms with van der Waals surface area (Å²) in [4.78, 5) is 17.0. The standard InChI is InChI=1S/C15H29N3O2/c1-5-16-15(2,14(19)20-4)11-18-9-8-12-6-7-13(10-18)17(12)3/h12-13,16H,5-11H2,1-4H3. The van der Waals surface area contributed by atoms with E-state index in [2.05, 4.69) is 22.2 Å². The molecule has 0 amide bonds. The highest BCUT2D eigenvalue weighted by atomic mass is 16.5. The van der Waals surface area contributed by atoms with Gasteiger partial charge in [-0.1, -0.05) is 6.92 Å². The van der Waals surface area contributed by atoms with Gasteiger partial charge in [-0.15, -0.1) is 0 Å². The molecule has 2 bridgehead atoms. The molecular weight excluding hydrogens is 254 g/mol. The van der Waals surface area contributed by atoms with Crippen molar-refractivity contribution in [2.45, 2.75) is 50.7 Å². The quantitative estimate of drug-likeness (QED) is 0.752. The molecule has 3 atom stereocenters. The molecule has 0 aromatic carbocycles. The maximum absolute atomic E-state index is 12.1. The highest BCUT2D eigenvalue weighted by molar-refractivity contribution is 5.80. The Balaban J connectivity index is 2.02. The summed E-state index contributed by atoms with van der Waals surface area (Å²) >= 11 is 0. The summed E-state index contributed by atoms with van der Waals surface area (Å²) in [5, 5.41) is 3.30. The Labute approximate surface area is 122 Å². The van der Waals surface area contributed by atoms with E-state index in [4.69, 9.17) is 4.74 Å². The lowest BCUT2D eigenvalue weighted by Gasteiger charge is -2.35. The van der Waals surface area contributed by atoms with E-state index in [1.54, 1.807) is 0 Å². The average Bonchev–Trinajstić information content (AvgIpc) is 2.66. The lowest BCUT2D eigenvalue weighted by Crippen LogP contribution is -2.58. The minimum absolute atomic E-state index is 0.165. The molecule has 1 N–H and O–H groups in total. The number of nitrogens with one attached hydrogen (secondary N) is 1. The summed E-state index contributed by atoms with van der Waals surface area (Å²) in [6.07, 6.45) is 3.82. The fraction of sp³-hybridized carbons (Fsp3) is 0.933. The van der Waals surface area contributed by atoms with Crippen LogP contribution in [0.25, 0.3) is 0 Å². The lowest BCUT2D eigenvalue weighted by atomic mass is 10.00. The van der Waals surface area contributed by atoms with Crippen LogP contribution in [0.1, 0.15) is 33.1 Å². The number of carbonyl (C=O) groups is 1.